The fourth-order valence-electron chi connectivity index (χ4n) is 3.89. The van der Waals surface area contributed by atoms with Crippen LogP contribution in [0.3, 0.4) is 0 Å². The molecule has 0 radical (unpaired) electrons. The number of nitrogens with zero attached hydrogens (tertiary/aromatic N) is 4. The summed E-state index contributed by atoms with van der Waals surface area (Å²) in [5.74, 6) is 1.83. The number of likely N-dealkylation sites (N-methyl/N-ethyl adjacent to an activating group) is 1. The molecule has 2 heterocycles. The third-order valence-electron chi connectivity index (χ3n) is 5.74. The Morgan fingerprint density at radius 2 is 1.91 bits per heavy atom. The molecule has 172 valence electrons. The summed E-state index contributed by atoms with van der Waals surface area (Å²) in [7, 11) is 0. The van der Waals surface area contributed by atoms with E-state index in [1.165, 1.54) is 17.8 Å². The van der Waals surface area contributed by atoms with Gasteiger partial charge in [0.2, 0.25) is 5.91 Å². The van der Waals surface area contributed by atoms with Gasteiger partial charge in [-0.05, 0) is 44.0 Å². The molecule has 1 atom stereocenters. The van der Waals surface area contributed by atoms with Crippen LogP contribution in [0.4, 0.5) is 4.39 Å². The summed E-state index contributed by atoms with van der Waals surface area (Å²) in [6.45, 7) is 3.36. The van der Waals surface area contributed by atoms with Gasteiger partial charge in [-0.3, -0.25) is 9.36 Å². The van der Waals surface area contributed by atoms with E-state index in [2.05, 4.69) is 10.2 Å². The zero-order valence-electron chi connectivity index (χ0n) is 18.3. The van der Waals surface area contributed by atoms with Gasteiger partial charge in [0.05, 0.1) is 17.9 Å². The van der Waals surface area contributed by atoms with Crippen molar-refractivity contribution in [2.45, 2.75) is 37.1 Å². The first-order valence-electron chi connectivity index (χ1n) is 11.1. The van der Waals surface area contributed by atoms with Gasteiger partial charge in [-0.15, -0.1) is 10.2 Å². The number of amides is 1. The van der Waals surface area contributed by atoms with Crippen LogP contribution in [0.1, 0.15) is 25.8 Å². The Morgan fingerprint density at radius 3 is 2.67 bits per heavy atom. The summed E-state index contributed by atoms with van der Waals surface area (Å²) >= 11 is 1.34. The van der Waals surface area contributed by atoms with Gasteiger partial charge >= 0.3 is 0 Å². The highest BCUT2D eigenvalue weighted by Gasteiger charge is 2.31. The van der Waals surface area contributed by atoms with E-state index >= 15 is 0 Å². The molecular formula is C24H25FN4O3S. The summed E-state index contributed by atoms with van der Waals surface area (Å²) in [5.41, 5.74) is 0.431. The van der Waals surface area contributed by atoms with Crippen LogP contribution in [0.2, 0.25) is 0 Å². The number of hydrogen-bond donors (Lipinski definition) is 0. The van der Waals surface area contributed by atoms with Crippen molar-refractivity contribution in [3.63, 3.8) is 0 Å². The Kier molecular flexibility index (Phi) is 6.22. The van der Waals surface area contributed by atoms with Gasteiger partial charge in [0.1, 0.15) is 12.4 Å². The number of para-hydroxylation sites is 2. The molecule has 7 nitrogen and oxygen atoms in total. The van der Waals surface area contributed by atoms with Gasteiger partial charge in [0.15, 0.2) is 28.6 Å². The number of carbonyl (C=O) groups excluding carboxylic acids is 1. The van der Waals surface area contributed by atoms with Crippen LogP contribution in [0.5, 0.6) is 11.5 Å². The fraction of sp³-hybridized carbons (Fsp3) is 0.375. The first kappa shape index (κ1) is 21.8. The van der Waals surface area contributed by atoms with Gasteiger partial charge in [-0.2, -0.15) is 0 Å². The predicted octanol–water partition coefficient (Wildman–Crippen LogP) is 4.20. The molecule has 0 N–H and O–H groups in total. The lowest BCUT2D eigenvalue weighted by atomic mass is 10.2. The number of rotatable bonds is 8. The standard InChI is InChI=1S/C24H25FN4O3S/c1-2-28(13-17-14-31-20-9-5-6-10-21(20)32-17)22(30)15-33-24-27-26-23(29(24)16-11-12-16)18-7-3-4-8-19(18)25/h3-10,16-17H,2,11-15H2,1H3. The van der Waals surface area contributed by atoms with Gasteiger partial charge < -0.3 is 14.4 Å². The summed E-state index contributed by atoms with van der Waals surface area (Å²) in [4.78, 5) is 14.8. The maximum atomic E-state index is 14.4. The number of aromatic nitrogens is 3. The number of halogens is 1. The van der Waals surface area contributed by atoms with Gasteiger partial charge in [-0.1, -0.05) is 36.0 Å². The van der Waals surface area contributed by atoms with Crippen molar-refractivity contribution in [2.24, 2.45) is 0 Å². The Balaban J connectivity index is 1.25. The molecule has 2 aliphatic rings. The highest BCUT2D eigenvalue weighted by molar-refractivity contribution is 7.99. The molecule has 1 aliphatic heterocycles. The number of benzene rings is 2. The van der Waals surface area contributed by atoms with Crippen molar-refractivity contribution < 1.29 is 18.7 Å². The lowest BCUT2D eigenvalue weighted by Gasteiger charge is -2.30. The summed E-state index contributed by atoms with van der Waals surface area (Å²) in [6, 6.07) is 14.4. The number of hydrogen-bond acceptors (Lipinski definition) is 6. The van der Waals surface area contributed by atoms with Gasteiger partial charge in [0.25, 0.3) is 0 Å². The third-order valence-corrected chi connectivity index (χ3v) is 6.67. The minimum atomic E-state index is -0.326. The van der Waals surface area contributed by atoms with Gasteiger partial charge in [0, 0.05) is 12.6 Å². The van der Waals surface area contributed by atoms with Crippen LogP contribution < -0.4 is 9.47 Å². The quantitative estimate of drug-likeness (QED) is 0.462. The molecule has 2 aromatic carbocycles. The fourth-order valence-corrected chi connectivity index (χ4v) is 4.80. The molecule has 33 heavy (non-hydrogen) atoms. The topological polar surface area (TPSA) is 69.5 Å². The Labute approximate surface area is 195 Å². The molecule has 1 aromatic heterocycles. The number of ether oxygens (including phenoxy) is 2. The molecular weight excluding hydrogens is 443 g/mol. The smallest absolute Gasteiger partial charge is 0.233 e. The van der Waals surface area contributed by atoms with E-state index in [1.807, 2.05) is 35.8 Å². The summed E-state index contributed by atoms with van der Waals surface area (Å²) in [6.07, 6.45) is 1.78. The summed E-state index contributed by atoms with van der Waals surface area (Å²) in [5, 5.41) is 9.19. The van der Waals surface area contributed by atoms with Crippen molar-refractivity contribution in [1.82, 2.24) is 19.7 Å². The van der Waals surface area contributed by atoms with Crippen LogP contribution in [0, 0.1) is 5.82 Å². The van der Waals surface area contributed by atoms with Crippen molar-refractivity contribution >= 4 is 17.7 Å². The lowest BCUT2D eigenvalue weighted by Crippen LogP contribution is -2.44. The molecule has 1 fully saturated rings. The number of thioether (sulfide) groups is 1. The van der Waals surface area contributed by atoms with Crippen molar-refractivity contribution in [3.05, 3.63) is 54.3 Å². The molecule has 9 heteroatoms. The first-order valence-corrected chi connectivity index (χ1v) is 12.1. The minimum Gasteiger partial charge on any atom is -0.486 e. The van der Waals surface area contributed by atoms with Crippen LogP contribution in [0.15, 0.2) is 53.7 Å². The average molecular weight is 469 g/mol. The van der Waals surface area contributed by atoms with E-state index in [-0.39, 0.29) is 29.6 Å². The molecule has 1 unspecified atom stereocenters. The maximum absolute atomic E-state index is 14.4. The zero-order valence-corrected chi connectivity index (χ0v) is 19.1. The minimum absolute atomic E-state index is 0.0113. The molecule has 0 bridgehead atoms. The van der Waals surface area contributed by atoms with E-state index in [9.17, 15) is 9.18 Å². The third kappa shape index (κ3) is 4.68. The normalized spacial score (nSPS) is 17.1. The first-order chi connectivity index (χ1) is 16.1. The maximum Gasteiger partial charge on any atom is 0.233 e. The van der Waals surface area contributed by atoms with E-state index < -0.39 is 0 Å². The van der Waals surface area contributed by atoms with E-state index in [0.717, 1.165) is 18.6 Å². The zero-order chi connectivity index (χ0) is 22.8. The van der Waals surface area contributed by atoms with Crippen molar-refractivity contribution in [3.8, 4) is 22.9 Å². The second-order valence-corrected chi connectivity index (χ2v) is 9.05. The molecule has 1 saturated carbocycles. The number of carbonyl (C=O) groups is 1. The van der Waals surface area contributed by atoms with E-state index in [1.54, 1.807) is 23.1 Å². The van der Waals surface area contributed by atoms with Crippen molar-refractivity contribution in [1.29, 1.82) is 0 Å². The second-order valence-electron chi connectivity index (χ2n) is 8.11. The summed E-state index contributed by atoms with van der Waals surface area (Å²) < 4.78 is 28.1. The molecule has 3 aromatic rings. The molecule has 0 saturated heterocycles. The van der Waals surface area contributed by atoms with Crippen LogP contribution >= 0.6 is 11.8 Å². The highest BCUT2D eigenvalue weighted by atomic mass is 32.2. The predicted molar refractivity (Wildman–Crippen MR) is 123 cm³/mol. The van der Waals surface area contributed by atoms with Gasteiger partial charge in [-0.25, -0.2) is 4.39 Å². The SMILES string of the molecule is CCN(CC1COc2ccccc2O1)C(=O)CSc1nnc(-c2ccccc2F)n1C1CC1. The van der Waals surface area contributed by atoms with E-state index in [4.69, 9.17) is 9.47 Å². The van der Waals surface area contributed by atoms with Crippen LogP contribution in [-0.2, 0) is 4.79 Å². The largest absolute Gasteiger partial charge is 0.486 e. The Hall–Kier alpha value is -3.07. The molecule has 5 rings (SSSR count). The highest BCUT2D eigenvalue weighted by Crippen LogP contribution is 2.41. The second kappa shape index (κ2) is 9.43. The lowest BCUT2D eigenvalue weighted by molar-refractivity contribution is -0.129. The van der Waals surface area contributed by atoms with Crippen LogP contribution in [-0.4, -0.2) is 57.1 Å². The molecule has 1 aliphatic carbocycles. The molecule has 1 amide bonds. The molecule has 0 spiro atoms. The average Bonchev–Trinajstić information content (AvgIpc) is 3.60. The monoisotopic (exact) mass is 468 g/mol. The Morgan fingerprint density at radius 1 is 1.15 bits per heavy atom. The number of fused-ring (bicyclic) bond motifs is 1. The van der Waals surface area contributed by atoms with Crippen molar-refractivity contribution in [2.75, 3.05) is 25.4 Å². The van der Waals surface area contributed by atoms with Crippen LogP contribution in [0.25, 0.3) is 11.4 Å². The Bertz CT molecular complexity index is 1150. The van der Waals surface area contributed by atoms with E-state index in [0.29, 0.717) is 42.0 Å².